The van der Waals surface area contributed by atoms with Gasteiger partial charge in [0.2, 0.25) is 0 Å². The molecule has 2 N–H and O–H groups in total. The van der Waals surface area contributed by atoms with Crippen LogP contribution in [0.3, 0.4) is 0 Å². The van der Waals surface area contributed by atoms with Crippen molar-refractivity contribution in [2.75, 3.05) is 0 Å². The maximum Gasteiger partial charge on any atom is 0.108 e. The van der Waals surface area contributed by atoms with Crippen molar-refractivity contribution in [3.8, 4) is 0 Å². The molecule has 2 aromatic heterocycles. The zero-order valence-electron chi connectivity index (χ0n) is 9.68. The van der Waals surface area contributed by atoms with Gasteiger partial charge in [-0.05, 0) is 18.6 Å². The molecule has 90 valence electrons. The molecule has 0 spiro atoms. The molecule has 0 amide bonds. The molecule has 2 heterocycles. The van der Waals surface area contributed by atoms with Crippen LogP contribution in [0.5, 0.6) is 0 Å². The van der Waals surface area contributed by atoms with Gasteiger partial charge in [-0.15, -0.1) is 0 Å². The van der Waals surface area contributed by atoms with Crippen LogP contribution in [0.15, 0.2) is 30.7 Å². The van der Waals surface area contributed by atoms with Gasteiger partial charge in [0.1, 0.15) is 5.82 Å². The van der Waals surface area contributed by atoms with Gasteiger partial charge >= 0.3 is 0 Å². The number of rotatable bonds is 4. The average Bonchev–Trinajstić information content (AvgIpc) is 2.73. The average molecular weight is 251 g/mol. The molecule has 0 aliphatic carbocycles. The lowest BCUT2D eigenvalue weighted by Gasteiger charge is -2.10. The first kappa shape index (κ1) is 12.1. The standard InChI is InChI=1S/C12H15ClN4/c1-17-7-6-15-12(17)5-3-10(14)11-4-2-9(13)8-16-11/h2,4,6-8,10H,3,5,14H2,1H3. The van der Waals surface area contributed by atoms with Crippen LogP contribution in [0.2, 0.25) is 5.02 Å². The monoisotopic (exact) mass is 250 g/mol. The summed E-state index contributed by atoms with van der Waals surface area (Å²) < 4.78 is 2.00. The number of aryl methyl sites for hydroxylation is 2. The molecule has 0 radical (unpaired) electrons. The van der Waals surface area contributed by atoms with Gasteiger partial charge in [-0.25, -0.2) is 4.98 Å². The summed E-state index contributed by atoms with van der Waals surface area (Å²) >= 11 is 5.78. The van der Waals surface area contributed by atoms with E-state index < -0.39 is 0 Å². The molecular weight excluding hydrogens is 236 g/mol. The Balaban J connectivity index is 1.95. The minimum atomic E-state index is -0.0797. The first-order chi connectivity index (χ1) is 8.16. The Morgan fingerprint density at radius 1 is 1.41 bits per heavy atom. The largest absolute Gasteiger partial charge is 0.338 e. The molecule has 0 saturated heterocycles. The van der Waals surface area contributed by atoms with Crippen LogP contribution >= 0.6 is 11.6 Å². The number of nitrogens with zero attached hydrogens (tertiary/aromatic N) is 3. The number of pyridine rings is 1. The highest BCUT2D eigenvalue weighted by Gasteiger charge is 2.09. The molecule has 17 heavy (non-hydrogen) atoms. The van der Waals surface area contributed by atoms with Crippen molar-refractivity contribution in [3.05, 3.63) is 47.3 Å². The predicted octanol–water partition coefficient (Wildman–Crippen LogP) is 2.10. The highest BCUT2D eigenvalue weighted by molar-refractivity contribution is 6.30. The Morgan fingerprint density at radius 2 is 2.24 bits per heavy atom. The van der Waals surface area contributed by atoms with Crippen molar-refractivity contribution in [1.29, 1.82) is 0 Å². The number of nitrogens with two attached hydrogens (primary N) is 1. The zero-order valence-corrected chi connectivity index (χ0v) is 10.4. The van der Waals surface area contributed by atoms with Gasteiger partial charge in [-0.3, -0.25) is 4.98 Å². The Hall–Kier alpha value is -1.39. The summed E-state index contributed by atoms with van der Waals surface area (Å²) in [6.45, 7) is 0. The van der Waals surface area contributed by atoms with Crippen LogP contribution in [0.25, 0.3) is 0 Å². The molecule has 4 nitrogen and oxygen atoms in total. The van der Waals surface area contributed by atoms with Crippen LogP contribution in [0.1, 0.15) is 24.0 Å². The third-order valence-electron chi connectivity index (χ3n) is 2.73. The van der Waals surface area contributed by atoms with E-state index in [1.54, 1.807) is 12.4 Å². The molecule has 1 unspecified atom stereocenters. The number of halogens is 1. The number of hydrogen-bond donors (Lipinski definition) is 1. The lowest BCUT2D eigenvalue weighted by atomic mass is 10.1. The SMILES string of the molecule is Cn1ccnc1CCC(N)c1ccc(Cl)cn1. The minimum Gasteiger partial charge on any atom is -0.338 e. The van der Waals surface area contributed by atoms with E-state index in [1.165, 1.54) is 0 Å². The summed E-state index contributed by atoms with van der Waals surface area (Å²) in [5.41, 5.74) is 6.93. The van der Waals surface area contributed by atoms with E-state index >= 15 is 0 Å². The fourth-order valence-electron chi connectivity index (χ4n) is 1.68. The maximum absolute atomic E-state index is 6.07. The number of imidazole rings is 1. The van der Waals surface area contributed by atoms with Crippen LogP contribution < -0.4 is 5.73 Å². The normalized spacial score (nSPS) is 12.6. The fraction of sp³-hybridized carbons (Fsp3) is 0.333. The summed E-state index contributed by atoms with van der Waals surface area (Å²) in [5.74, 6) is 1.04. The second-order valence-electron chi connectivity index (χ2n) is 4.00. The van der Waals surface area contributed by atoms with Crippen molar-refractivity contribution >= 4 is 11.6 Å². The van der Waals surface area contributed by atoms with Crippen LogP contribution in [0, 0.1) is 0 Å². The topological polar surface area (TPSA) is 56.7 Å². The van der Waals surface area contributed by atoms with Gasteiger partial charge < -0.3 is 10.3 Å². The van der Waals surface area contributed by atoms with E-state index in [4.69, 9.17) is 17.3 Å². The summed E-state index contributed by atoms with van der Waals surface area (Å²) in [5, 5.41) is 0.630. The molecule has 0 saturated carbocycles. The molecule has 0 aliphatic heterocycles. The molecule has 0 aromatic carbocycles. The van der Waals surface area contributed by atoms with E-state index in [1.807, 2.05) is 29.9 Å². The van der Waals surface area contributed by atoms with Crippen molar-refractivity contribution in [2.24, 2.45) is 12.8 Å². The van der Waals surface area contributed by atoms with Gasteiger partial charge in [0, 0.05) is 38.1 Å². The van der Waals surface area contributed by atoms with E-state index in [9.17, 15) is 0 Å². The van der Waals surface area contributed by atoms with Gasteiger partial charge in [0.25, 0.3) is 0 Å². The predicted molar refractivity (Wildman–Crippen MR) is 67.7 cm³/mol. The van der Waals surface area contributed by atoms with E-state index in [0.29, 0.717) is 5.02 Å². The van der Waals surface area contributed by atoms with Crippen molar-refractivity contribution in [3.63, 3.8) is 0 Å². The Morgan fingerprint density at radius 3 is 2.82 bits per heavy atom. The van der Waals surface area contributed by atoms with E-state index in [0.717, 1.165) is 24.4 Å². The maximum atomic E-state index is 6.07. The molecule has 5 heteroatoms. The van der Waals surface area contributed by atoms with Crippen molar-refractivity contribution in [2.45, 2.75) is 18.9 Å². The van der Waals surface area contributed by atoms with Crippen LogP contribution in [-0.2, 0) is 13.5 Å². The molecule has 1 atom stereocenters. The van der Waals surface area contributed by atoms with Gasteiger partial charge in [0.05, 0.1) is 10.7 Å². The van der Waals surface area contributed by atoms with Crippen LogP contribution in [0.4, 0.5) is 0 Å². The van der Waals surface area contributed by atoms with E-state index in [-0.39, 0.29) is 6.04 Å². The second-order valence-corrected chi connectivity index (χ2v) is 4.44. The molecular formula is C12H15ClN4. The van der Waals surface area contributed by atoms with Crippen molar-refractivity contribution in [1.82, 2.24) is 14.5 Å². The first-order valence-electron chi connectivity index (χ1n) is 5.50. The van der Waals surface area contributed by atoms with E-state index in [2.05, 4.69) is 9.97 Å². The summed E-state index contributed by atoms with van der Waals surface area (Å²) in [4.78, 5) is 8.48. The third kappa shape index (κ3) is 3.05. The van der Waals surface area contributed by atoms with Gasteiger partial charge in [0.15, 0.2) is 0 Å². The molecule has 2 aromatic rings. The fourth-order valence-corrected chi connectivity index (χ4v) is 1.79. The van der Waals surface area contributed by atoms with Crippen LogP contribution in [-0.4, -0.2) is 14.5 Å². The lowest BCUT2D eigenvalue weighted by Crippen LogP contribution is -2.13. The second kappa shape index (κ2) is 5.29. The smallest absolute Gasteiger partial charge is 0.108 e. The molecule has 0 fully saturated rings. The lowest BCUT2D eigenvalue weighted by molar-refractivity contribution is 0.607. The Bertz CT molecular complexity index is 478. The minimum absolute atomic E-state index is 0.0797. The summed E-state index contributed by atoms with van der Waals surface area (Å²) in [6.07, 6.45) is 7.01. The number of hydrogen-bond acceptors (Lipinski definition) is 3. The summed E-state index contributed by atoms with van der Waals surface area (Å²) in [6, 6.07) is 3.60. The van der Waals surface area contributed by atoms with Gasteiger partial charge in [-0.1, -0.05) is 11.6 Å². The molecule has 2 rings (SSSR count). The molecule has 0 aliphatic rings. The first-order valence-corrected chi connectivity index (χ1v) is 5.88. The third-order valence-corrected chi connectivity index (χ3v) is 2.95. The Kier molecular flexibility index (Phi) is 3.76. The zero-order chi connectivity index (χ0) is 12.3. The highest BCUT2D eigenvalue weighted by atomic mass is 35.5. The van der Waals surface area contributed by atoms with Gasteiger partial charge in [-0.2, -0.15) is 0 Å². The Labute approximate surface area is 105 Å². The summed E-state index contributed by atoms with van der Waals surface area (Å²) in [7, 11) is 1.98. The quantitative estimate of drug-likeness (QED) is 0.904. The number of aromatic nitrogens is 3. The highest BCUT2D eigenvalue weighted by Crippen LogP contribution is 2.15. The molecule has 0 bridgehead atoms. The van der Waals surface area contributed by atoms with Crippen molar-refractivity contribution < 1.29 is 0 Å².